The monoisotopic (exact) mass is 207 g/mol. The van der Waals surface area contributed by atoms with Gasteiger partial charge in [0.25, 0.3) is 0 Å². The molecule has 0 saturated heterocycles. The minimum Gasteiger partial charge on any atom is -0.311 e. The first-order chi connectivity index (χ1) is 5.70. The summed E-state index contributed by atoms with van der Waals surface area (Å²) in [6, 6.07) is 1.32. The van der Waals surface area contributed by atoms with Crippen LogP contribution in [0.2, 0.25) is 0 Å². The van der Waals surface area contributed by atoms with Crippen molar-refractivity contribution >= 4 is 23.5 Å². The van der Waals surface area contributed by atoms with Gasteiger partial charge in [-0.1, -0.05) is 13.8 Å². The van der Waals surface area contributed by atoms with E-state index in [0.717, 1.165) is 0 Å². The Labute approximate surface area is 85.5 Å². The minimum absolute atomic E-state index is 0.615. The van der Waals surface area contributed by atoms with Crippen molar-refractivity contribution in [2.45, 2.75) is 32.4 Å². The van der Waals surface area contributed by atoms with E-state index in [2.05, 4.69) is 31.7 Å². The average molecular weight is 207 g/mol. The SMILES string of the molecule is CSCCC(CSC)NC(C)C. The number of thioether (sulfide) groups is 2. The van der Waals surface area contributed by atoms with E-state index in [1.165, 1.54) is 17.9 Å². The molecule has 0 saturated carbocycles. The van der Waals surface area contributed by atoms with Gasteiger partial charge in [-0.3, -0.25) is 0 Å². The molecular formula is C9H21NS2. The first kappa shape index (κ1) is 12.7. The largest absolute Gasteiger partial charge is 0.311 e. The Morgan fingerprint density at radius 3 is 2.25 bits per heavy atom. The zero-order valence-electron chi connectivity index (χ0n) is 8.59. The molecule has 0 bridgehead atoms. The highest BCUT2D eigenvalue weighted by atomic mass is 32.2. The molecule has 0 heterocycles. The smallest absolute Gasteiger partial charge is 0.0168 e. The summed E-state index contributed by atoms with van der Waals surface area (Å²) in [5, 5.41) is 3.58. The predicted octanol–water partition coefficient (Wildman–Crippen LogP) is 2.47. The molecule has 1 atom stereocenters. The molecule has 74 valence electrons. The summed E-state index contributed by atoms with van der Waals surface area (Å²) in [5.74, 6) is 2.50. The van der Waals surface area contributed by atoms with Gasteiger partial charge in [-0.15, -0.1) is 0 Å². The summed E-state index contributed by atoms with van der Waals surface area (Å²) in [4.78, 5) is 0. The Hall–Kier alpha value is 0.660. The molecule has 0 radical (unpaired) electrons. The lowest BCUT2D eigenvalue weighted by Gasteiger charge is -2.19. The summed E-state index contributed by atoms with van der Waals surface area (Å²) in [5.41, 5.74) is 0. The van der Waals surface area contributed by atoms with Crippen LogP contribution in [0.4, 0.5) is 0 Å². The molecule has 0 amide bonds. The van der Waals surface area contributed by atoms with Crippen molar-refractivity contribution in [1.82, 2.24) is 5.32 Å². The summed E-state index contributed by atoms with van der Waals surface area (Å²) < 4.78 is 0. The van der Waals surface area contributed by atoms with E-state index in [0.29, 0.717) is 12.1 Å². The maximum Gasteiger partial charge on any atom is 0.0168 e. The normalized spacial score (nSPS) is 13.8. The van der Waals surface area contributed by atoms with Crippen molar-refractivity contribution in [2.75, 3.05) is 24.0 Å². The molecule has 1 N–H and O–H groups in total. The topological polar surface area (TPSA) is 12.0 Å². The van der Waals surface area contributed by atoms with Gasteiger partial charge >= 0.3 is 0 Å². The molecule has 0 aliphatic carbocycles. The minimum atomic E-state index is 0.615. The Morgan fingerprint density at radius 2 is 1.83 bits per heavy atom. The quantitative estimate of drug-likeness (QED) is 0.689. The van der Waals surface area contributed by atoms with Crippen LogP contribution in [0, 0.1) is 0 Å². The highest BCUT2D eigenvalue weighted by molar-refractivity contribution is 7.98. The summed E-state index contributed by atoms with van der Waals surface area (Å²) in [6.45, 7) is 4.43. The summed E-state index contributed by atoms with van der Waals surface area (Å²) in [6.07, 6.45) is 5.64. The summed E-state index contributed by atoms with van der Waals surface area (Å²) in [7, 11) is 0. The fourth-order valence-corrected chi connectivity index (χ4v) is 2.33. The third-order valence-electron chi connectivity index (χ3n) is 1.61. The van der Waals surface area contributed by atoms with Crippen molar-refractivity contribution in [3.63, 3.8) is 0 Å². The fourth-order valence-electron chi connectivity index (χ4n) is 1.15. The van der Waals surface area contributed by atoms with Crippen molar-refractivity contribution in [1.29, 1.82) is 0 Å². The molecule has 0 aromatic carbocycles. The number of rotatable bonds is 7. The average Bonchev–Trinajstić information content (AvgIpc) is 2.00. The second kappa shape index (κ2) is 8.27. The van der Waals surface area contributed by atoms with E-state index in [4.69, 9.17) is 0 Å². The lowest BCUT2D eigenvalue weighted by molar-refractivity contribution is 0.487. The number of nitrogens with one attached hydrogen (secondary N) is 1. The maximum atomic E-state index is 3.58. The van der Waals surface area contributed by atoms with Gasteiger partial charge in [0, 0.05) is 17.8 Å². The van der Waals surface area contributed by atoms with Crippen LogP contribution in [0.25, 0.3) is 0 Å². The molecule has 1 nitrogen and oxygen atoms in total. The van der Waals surface area contributed by atoms with Gasteiger partial charge in [0.05, 0.1) is 0 Å². The van der Waals surface area contributed by atoms with Gasteiger partial charge in [-0.2, -0.15) is 23.5 Å². The zero-order valence-corrected chi connectivity index (χ0v) is 10.2. The van der Waals surface area contributed by atoms with E-state index in [-0.39, 0.29) is 0 Å². The maximum absolute atomic E-state index is 3.58. The third kappa shape index (κ3) is 7.32. The summed E-state index contributed by atoms with van der Waals surface area (Å²) >= 11 is 3.86. The molecule has 0 aromatic rings. The Kier molecular flexibility index (Phi) is 8.72. The van der Waals surface area contributed by atoms with Gasteiger partial charge in [0.2, 0.25) is 0 Å². The molecule has 0 aliphatic rings. The van der Waals surface area contributed by atoms with Crippen molar-refractivity contribution in [3.8, 4) is 0 Å². The van der Waals surface area contributed by atoms with Crippen molar-refractivity contribution in [2.24, 2.45) is 0 Å². The molecule has 12 heavy (non-hydrogen) atoms. The Morgan fingerprint density at radius 1 is 1.17 bits per heavy atom. The first-order valence-electron chi connectivity index (χ1n) is 4.44. The molecule has 0 aromatic heterocycles. The second-order valence-corrected chi connectivity index (χ2v) is 5.15. The Bertz CT molecular complexity index is 96.5. The molecule has 1 unspecified atom stereocenters. The molecule has 3 heteroatoms. The van der Waals surface area contributed by atoms with E-state index in [1.807, 2.05) is 23.5 Å². The molecule has 0 spiro atoms. The van der Waals surface area contributed by atoms with Gasteiger partial charge < -0.3 is 5.32 Å². The number of hydrogen-bond donors (Lipinski definition) is 1. The van der Waals surface area contributed by atoms with E-state index < -0.39 is 0 Å². The third-order valence-corrected chi connectivity index (χ3v) is 2.99. The van der Waals surface area contributed by atoms with E-state index >= 15 is 0 Å². The standard InChI is InChI=1S/C9H21NS2/c1-8(2)10-9(7-12-4)5-6-11-3/h8-10H,5-7H2,1-4H3. The molecular weight excluding hydrogens is 186 g/mol. The number of hydrogen-bond acceptors (Lipinski definition) is 3. The molecule has 0 rings (SSSR count). The predicted molar refractivity (Wildman–Crippen MR) is 63.4 cm³/mol. The van der Waals surface area contributed by atoms with Gasteiger partial charge in [0.1, 0.15) is 0 Å². The van der Waals surface area contributed by atoms with Gasteiger partial charge in [0.15, 0.2) is 0 Å². The molecule has 0 aliphatic heterocycles. The Balaban J connectivity index is 3.54. The molecule has 0 fully saturated rings. The van der Waals surface area contributed by atoms with Gasteiger partial charge in [-0.25, -0.2) is 0 Å². The zero-order chi connectivity index (χ0) is 9.40. The van der Waals surface area contributed by atoms with E-state index in [9.17, 15) is 0 Å². The van der Waals surface area contributed by atoms with Crippen molar-refractivity contribution in [3.05, 3.63) is 0 Å². The van der Waals surface area contributed by atoms with E-state index in [1.54, 1.807) is 0 Å². The van der Waals surface area contributed by atoms with Crippen LogP contribution in [0.15, 0.2) is 0 Å². The fraction of sp³-hybridized carbons (Fsp3) is 1.00. The highest BCUT2D eigenvalue weighted by Gasteiger charge is 2.07. The van der Waals surface area contributed by atoms with Crippen LogP contribution in [-0.2, 0) is 0 Å². The van der Waals surface area contributed by atoms with Crippen molar-refractivity contribution < 1.29 is 0 Å². The van der Waals surface area contributed by atoms with Gasteiger partial charge in [-0.05, 0) is 24.7 Å². The highest BCUT2D eigenvalue weighted by Crippen LogP contribution is 2.06. The van der Waals surface area contributed by atoms with Crippen LogP contribution in [0.1, 0.15) is 20.3 Å². The van der Waals surface area contributed by atoms with Crippen LogP contribution in [0.3, 0.4) is 0 Å². The van der Waals surface area contributed by atoms with Crippen LogP contribution in [-0.4, -0.2) is 36.1 Å². The lowest BCUT2D eigenvalue weighted by Crippen LogP contribution is -2.37. The van der Waals surface area contributed by atoms with Crippen LogP contribution in [0.5, 0.6) is 0 Å². The lowest BCUT2D eigenvalue weighted by atomic mass is 10.2. The first-order valence-corrected chi connectivity index (χ1v) is 7.23. The second-order valence-electron chi connectivity index (χ2n) is 3.26. The van der Waals surface area contributed by atoms with Crippen LogP contribution < -0.4 is 5.32 Å². The van der Waals surface area contributed by atoms with Crippen LogP contribution >= 0.6 is 23.5 Å².